The lowest BCUT2D eigenvalue weighted by molar-refractivity contribution is -0.136. The van der Waals surface area contributed by atoms with Crippen molar-refractivity contribution in [3.63, 3.8) is 0 Å². The highest BCUT2D eigenvalue weighted by molar-refractivity contribution is 6.39. The number of nitrogens with zero attached hydrogens (tertiary/aromatic N) is 3. The van der Waals surface area contributed by atoms with Gasteiger partial charge in [0.15, 0.2) is 11.5 Å². The van der Waals surface area contributed by atoms with Gasteiger partial charge in [-0.05, 0) is 44.2 Å². The maximum Gasteiger partial charge on any atom is 0.329 e. The molecule has 0 aliphatic heterocycles. The molecule has 0 radical (unpaired) electrons. The van der Waals surface area contributed by atoms with Gasteiger partial charge >= 0.3 is 11.8 Å². The van der Waals surface area contributed by atoms with E-state index in [0.717, 1.165) is 0 Å². The fourth-order valence-electron chi connectivity index (χ4n) is 3.04. The van der Waals surface area contributed by atoms with Crippen LogP contribution in [0.1, 0.15) is 18.2 Å². The lowest BCUT2D eigenvalue weighted by atomic mass is 10.1. The monoisotopic (exact) mass is 437 g/mol. The number of hydrazone groups is 1. The molecule has 2 aromatic carbocycles. The molecular weight excluding hydrogens is 414 g/mol. The summed E-state index contributed by atoms with van der Waals surface area (Å²) in [5.74, 6) is -1.86. The number of para-hydroxylation sites is 1. The van der Waals surface area contributed by atoms with E-state index in [0.29, 0.717) is 22.7 Å². The van der Waals surface area contributed by atoms with Gasteiger partial charge in [0, 0.05) is 12.6 Å². The Hall–Kier alpha value is -4.34. The molecule has 2 amide bonds. The van der Waals surface area contributed by atoms with Gasteiger partial charge in [-0.1, -0.05) is 18.2 Å². The van der Waals surface area contributed by atoms with Crippen LogP contribution < -0.4 is 21.0 Å². The predicted octanol–water partition coefficient (Wildman–Crippen LogP) is 1.68. The number of phenolic OH excluding ortho intramolecular Hbond substituents is 1. The van der Waals surface area contributed by atoms with E-state index >= 15 is 0 Å². The molecule has 0 unspecified atom stereocenters. The number of amides is 2. The van der Waals surface area contributed by atoms with Gasteiger partial charge in [-0.15, -0.1) is 0 Å². The summed E-state index contributed by atoms with van der Waals surface area (Å²) < 4.78 is 8.02. The molecular formula is C22H23N5O5. The molecule has 0 aliphatic carbocycles. The number of carbonyl (C=O) groups excluding carboxylic acids is 2. The molecule has 0 fully saturated rings. The molecule has 0 atom stereocenters. The molecule has 10 nitrogen and oxygen atoms in total. The molecule has 3 N–H and O–H groups in total. The average Bonchev–Trinajstić information content (AvgIpc) is 3.01. The third kappa shape index (κ3) is 4.38. The molecule has 3 rings (SSSR count). The summed E-state index contributed by atoms with van der Waals surface area (Å²) in [5.41, 5.74) is 3.76. The Balaban J connectivity index is 1.76. The molecule has 10 heteroatoms. The van der Waals surface area contributed by atoms with Crippen LogP contribution in [0.25, 0.3) is 5.69 Å². The van der Waals surface area contributed by atoms with Crippen LogP contribution in [0.4, 0.5) is 5.69 Å². The van der Waals surface area contributed by atoms with Gasteiger partial charge in [-0.3, -0.25) is 19.1 Å². The van der Waals surface area contributed by atoms with E-state index in [1.807, 2.05) is 6.07 Å². The minimum atomic E-state index is -1.04. The van der Waals surface area contributed by atoms with Crippen molar-refractivity contribution in [1.82, 2.24) is 14.8 Å². The lowest BCUT2D eigenvalue weighted by Crippen LogP contribution is -2.34. The minimum Gasteiger partial charge on any atom is -0.504 e. The van der Waals surface area contributed by atoms with Gasteiger partial charge in [0.2, 0.25) is 0 Å². The summed E-state index contributed by atoms with van der Waals surface area (Å²) in [4.78, 5) is 37.4. The smallest absolute Gasteiger partial charge is 0.329 e. The Bertz CT molecular complexity index is 1260. The van der Waals surface area contributed by atoms with E-state index in [2.05, 4.69) is 15.8 Å². The largest absolute Gasteiger partial charge is 0.504 e. The van der Waals surface area contributed by atoms with E-state index in [9.17, 15) is 19.5 Å². The quantitative estimate of drug-likeness (QED) is 0.318. The SMILES string of the molecule is COc1cc(/C(C)=N/NC(=O)C(=O)Nc2c(C)n(C)n(-c3ccccc3)c2=O)ccc1O. The first kappa shape index (κ1) is 22.3. The van der Waals surface area contributed by atoms with Gasteiger partial charge in [0.25, 0.3) is 5.56 Å². The second-order valence-corrected chi connectivity index (χ2v) is 6.92. The number of anilines is 1. The summed E-state index contributed by atoms with van der Waals surface area (Å²) in [7, 11) is 3.09. The van der Waals surface area contributed by atoms with Crippen LogP contribution in [0.2, 0.25) is 0 Å². The molecule has 0 saturated carbocycles. The molecule has 3 aromatic rings. The number of hydrogen-bond acceptors (Lipinski definition) is 6. The summed E-state index contributed by atoms with van der Waals surface area (Å²) in [6, 6.07) is 13.5. The van der Waals surface area contributed by atoms with Crippen LogP contribution in [0.5, 0.6) is 11.5 Å². The summed E-state index contributed by atoms with van der Waals surface area (Å²) in [6.07, 6.45) is 0. The molecule has 32 heavy (non-hydrogen) atoms. The second kappa shape index (κ2) is 9.21. The van der Waals surface area contributed by atoms with E-state index in [1.165, 1.54) is 17.9 Å². The number of carbonyl (C=O) groups is 2. The molecule has 166 valence electrons. The number of aromatic nitrogens is 2. The van der Waals surface area contributed by atoms with E-state index in [4.69, 9.17) is 4.74 Å². The number of methoxy groups -OCH3 is 1. The summed E-state index contributed by atoms with van der Waals surface area (Å²) in [6.45, 7) is 3.28. The van der Waals surface area contributed by atoms with Crippen LogP contribution in [-0.2, 0) is 16.6 Å². The number of phenols is 1. The zero-order chi connectivity index (χ0) is 23.4. The van der Waals surface area contributed by atoms with Gasteiger partial charge in [0.1, 0.15) is 5.69 Å². The normalized spacial score (nSPS) is 11.2. The van der Waals surface area contributed by atoms with Crippen LogP contribution in [0, 0.1) is 6.92 Å². The number of benzene rings is 2. The molecule has 1 aromatic heterocycles. The van der Waals surface area contributed by atoms with Gasteiger partial charge in [0.05, 0.1) is 24.2 Å². The van der Waals surface area contributed by atoms with Crippen LogP contribution in [-0.4, -0.2) is 39.1 Å². The van der Waals surface area contributed by atoms with Crippen molar-refractivity contribution in [3.8, 4) is 17.2 Å². The highest BCUT2D eigenvalue weighted by Gasteiger charge is 2.21. The first-order valence-corrected chi connectivity index (χ1v) is 9.61. The third-order valence-electron chi connectivity index (χ3n) is 4.92. The van der Waals surface area contributed by atoms with Crippen LogP contribution in [0.3, 0.4) is 0 Å². The van der Waals surface area contributed by atoms with Crippen LogP contribution in [0.15, 0.2) is 58.4 Å². The molecule has 0 aliphatic rings. The number of aromatic hydroxyl groups is 1. The zero-order valence-corrected chi connectivity index (χ0v) is 18.0. The molecule has 0 spiro atoms. The maximum atomic E-state index is 12.8. The summed E-state index contributed by atoms with van der Waals surface area (Å²) >= 11 is 0. The van der Waals surface area contributed by atoms with Gasteiger partial charge < -0.3 is 15.2 Å². The average molecular weight is 437 g/mol. The fraction of sp³-hybridized carbons (Fsp3) is 0.182. The Kier molecular flexibility index (Phi) is 6.43. The predicted molar refractivity (Wildman–Crippen MR) is 119 cm³/mol. The van der Waals surface area contributed by atoms with E-state index in [1.54, 1.807) is 62.0 Å². The minimum absolute atomic E-state index is 0.000440. The molecule has 0 bridgehead atoms. The number of ether oxygens (including phenoxy) is 1. The maximum absolute atomic E-state index is 12.8. The number of nitrogens with one attached hydrogen (secondary N) is 2. The third-order valence-corrected chi connectivity index (χ3v) is 4.92. The first-order valence-electron chi connectivity index (χ1n) is 9.61. The van der Waals surface area contributed by atoms with Crippen LogP contribution >= 0.6 is 0 Å². The topological polar surface area (TPSA) is 127 Å². The van der Waals surface area contributed by atoms with Gasteiger partial charge in [-0.2, -0.15) is 5.10 Å². The molecule has 1 heterocycles. The Morgan fingerprint density at radius 1 is 1.09 bits per heavy atom. The standard InChI is InChI=1S/C22H23N5O5/c1-13(15-10-11-17(28)18(12-15)32-4)24-25-21(30)20(29)23-19-14(2)26(3)27(22(19)31)16-8-6-5-7-9-16/h5-12,28H,1-4H3,(H,23,29)(H,25,30)/b24-13+. The van der Waals surface area contributed by atoms with Crippen molar-refractivity contribution >= 4 is 23.2 Å². The van der Waals surface area contributed by atoms with Crippen molar-refractivity contribution < 1.29 is 19.4 Å². The van der Waals surface area contributed by atoms with Gasteiger partial charge in [-0.25, -0.2) is 10.1 Å². The Morgan fingerprint density at radius 3 is 2.44 bits per heavy atom. The zero-order valence-electron chi connectivity index (χ0n) is 18.0. The summed E-state index contributed by atoms with van der Waals surface area (Å²) in [5, 5.41) is 15.9. The first-order chi connectivity index (χ1) is 15.2. The van der Waals surface area contributed by atoms with Crippen molar-refractivity contribution in [3.05, 3.63) is 70.1 Å². The van der Waals surface area contributed by atoms with Crippen molar-refractivity contribution in [2.75, 3.05) is 12.4 Å². The van der Waals surface area contributed by atoms with E-state index in [-0.39, 0.29) is 17.2 Å². The highest BCUT2D eigenvalue weighted by atomic mass is 16.5. The second-order valence-electron chi connectivity index (χ2n) is 6.92. The Labute approximate surface area is 183 Å². The van der Waals surface area contributed by atoms with Crippen molar-refractivity contribution in [1.29, 1.82) is 0 Å². The number of hydrogen-bond donors (Lipinski definition) is 3. The van der Waals surface area contributed by atoms with Crippen molar-refractivity contribution in [2.24, 2.45) is 12.1 Å². The molecule has 0 saturated heterocycles. The lowest BCUT2D eigenvalue weighted by Gasteiger charge is -2.07. The van der Waals surface area contributed by atoms with Crippen molar-refractivity contribution in [2.45, 2.75) is 13.8 Å². The fourth-order valence-corrected chi connectivity index (χ4v) is 3.04. The Morgan fingerprint density at radius 2 is 1.78 bits per heavy atom. The number of rotatable bonds is 5. The van der Waals surface area contributed by atoms with E-state index < -0.39 is 17.4 Å². The highest BCUT2D eigenvalue weighted by Crippen LogP contribution is 2.26.